The summed E-state index contributed by atoms with van der Waals surface area (Å²) >= 11 is 0. The van der Waals surface area contributed by atoms with E-state index >= 15 is 0 Å². The first-order chi connectivity index (χ1) is 41.8. The predicted molar refractivity (Wildman–Crippen MR) is 316 cm³/mol. The number of hydrogen-bond acceptors (Lipinski definition) is 21. The van der Waals surface area contributed by atoms with Crippen molar-refractivity contribution >= 4 is 100 Å². The van der Waals surface area contributed by atoms with E-state index in [1.165, 1.54) is 72.8 Å². The first-order valence-corrected chi connectivity index (χ1v) is 25.9. The molecule has 12 rings (SSSR count). The second-order valence-electron chi connectivity index (χ2n) is 19.5. The summed E-state index contributed by atoms with van der Waals surface area (Å²) in [4.78, 5) is 25.9. The molecule has 0 atom stereocenters. The molecule has 0 spiro atoms. The number of nitriles is 6. The minimum absolute atomic E-state index is 0. The fraction of sp³-hybridized carbons (Fsp3) is 0.0909. The van der Waals surface area contributed by atoms with Crippen molar-refractivity contribution in [3.05, 3.63) is 177 Å². The van der Waals surface area contributed by atoms with Gasteiger partial charge < -0.3 is 44.8 Å². The molecule has 0 radical (unpaired) electrons. The molecule has 0 N–H and O–H groups in total. The number of aryl methyl sites for hydroxylation is 6. The maximum absolute atomic E-state index is 12.1. The van der Waals surface area contributed by atoms with E-state index in [0.717, 1.165) is 0 Å². The molecule has 420 valence electrons. The van der Waals surface area contributed by atoms with Gasteiger partial charge in [-0.15, -0.1) is 0 Å². The van der Waals surface area contributed by atoms with Crippen LogP contribution in [-0.2, 0) is 0 Å². The average Bonchev–Trinajstić information content (AvgIpc) is 1.55. The van der Waals surface area contributed by atoms with Crippen molar-refractivity contribution in [3.8, 4) is 105 Å². The van der Waals surface area contributed by atoms with Crippen LogP contribution in [0, 0.1) is 110 Å². The molecule has 0 saturated carbocycles. The third-order valence-corrected chi connectivity index (χ3v) is 13.9. The number of benzene rings is 6. The van der Waals surface area contributed by atoms with Crippen LogP contribution in [0.1, 0.15) is 67.5 Å². The molecular weight excluding hydrogens is 1160 g/mol. The van der Waals surface area contributed by atoms with Gasteiger partial charge in [-0.05, 0) is 114 Å². The van der Waals surface area contributed by atoms with Crippen LogP contribution in [0.4, 0.5) is 0 Å². The number of ether oxygens (including phenoxy) is 3. The van der Waals surface area contributed by atoms with E-state index in [1.807, 2.05) is 36.4 Å². The maximum Gasteiger partial charge on any atom is 3.00 e. The molecule has 0 unspecified atom stereocenters. The first-order valence-electron chi connectivity index (χ1n) is 25.9. The summed E-state index contributed by atoms with van der Waals surface area (Å²) in [7, 11) is 0. The van der Waals surface area contributed by atoms with E-state index in [4.69, 9.17) is 14.2 Å². The van der Waals surface area contributed by atoms with Crippen molar-refractivity contribution < 1.29 is 44.8 Å². The zero-order chi connectivity index (χ0) is 62.1. The largest absolute Gasteiger partial charge is 3.00 e. The normalized spacial score (nSPS) is 10.4. The average molecular weight is 1200 g/mol. The van der Waals surface area contributed by atoms with Gasteiger partial charge in [0, 0.05) is 32.3 Å². The summed E-state index contributed by atoms with van der Waals surface area (Å²) in [6, 6.07) is 38.4. The minimum atomic E-state index is -0.279. The van der Waals surface area contributed by atoms with Gasteiger partial charge in [0.05, 0.1) is 137 Å². The molecular formula is C66H36Al2N12O9. The summed E-state index contributed by atoms with van der Waals surface area (Å²) in [5, 5.41) is 131. The molecule has 23 heteroatoms. The zero-order valence-electron chi connectivity index (χ0n) is 47.6. The number of aromatic nitrogens is 6. The minimum Gasteiger partial charge on any atom is -0.871 e. The van der Waals surface area contributed by atoms with E-state index in [1.54, 1.807) is 77.9 Å². The number of rotatable bonds is 6. The predicted octanol–water partition coefficient (Wildman–Crippen LogP) is 8.49. The Labute approximate surface area is 527 Å². The van der Waals surface area contributed by atoms with Crippen LogP contribution >= 0.6 is 0 Å². The fourth-order valence-corrected chi connectivity index (χ4v) is 9.41. The van der Waals surface area contributed by atoms with E-state index in [2.05, 4.69) is 29.9 Å². The van der Waals surface area contributed by atoms with Gasteiger partial charge in [0.2, 0.25) is 0 Å². The summed E-state index contributed by atoms with van der Waals surface area (Å²) in [5.41, 5.74) is 5.84. The Hall–Kier alpha value is -12.0. The van der Waals surface area contributed by atoms with Gasteiger partial charge in [0.1, 0.15) is 34.5 Å². The number of fused-ring (bicyclic) bond motifs is 6. The van der Waals surface area contributed by atoms with Crippen molar-refractivity contribution in [3.63, 3.8) is 0 Å². The quantitative estimate of drug-likeness (QED) is 0.141. The van der Waals surface area contributed by atoms with Crippen LogP contribution in [0.3, 0.4) is 0 Å². The zero-order valence-corrected chi connectivity index (χ0v) is 49.9. The Morgan fingerprint density at radius 1 is 0.258 bits per heavy atom. The maximum atomic E-state index is 12.1. The van der Waals surface area contributed by atoms with Crippen molar-refractivity contribution in [1.29, 1.82) is 31.6 Å². The standard InChI is InChI=1S/3C22H14N4O3.2Al/c3*1-11-19(7-15-13(9-23)3-5-17(27)21(15)25-11)29-20-8-16-14(10-24)4-6-18(28)22(16)26-12(20)2;;/h3*3-8,27-28H,1-2H3;;/q;;;2*+3/p-6. The van der Waals surface area contributed by atoms with Gasteiger partial charge in [0.15, 0.2) is 0 Å². The van der Waals surface area contributed by atoms with Crippen LogP contribution in [0.2, 0.25) is 0 Å². The smallest absolute Gasteiger partial charge is 0.871 e. The van der Waals surface area contributed by atoms with Crippen LogP contribution < -0.4 is 44.8 Å². The second kappa shape index (κ2) is 25.7. The third kappa shape index (κ3) is 12.0. The van der Waals surface area contributed by atoms with Crippen LogP contribution in [0.5, 0.6) is 69.0 Å². The molecule has 6 aromatic carbocycles. The molecule has 0 saturated heterocycles. The van der Waals surface area contributed by atoms with Crippen molar-refractivity contribution in [2.75, 3.05) is 0 Å². The summed E-state index contributed by atoms with van der Waals surface area (Å²) in [6.07, 6.45) is 0. The molecule has 0 fully saturated rings. The molecule has 6 heterocycles. The Balaban J connectivity index is 0.000000171. The number of nitrogens with zero attached hydrogens (tertiary/aromatic N) is 12. The molecule has 12 aromatic rings. The second-order valence-corrected chi connectivity index (χ2v) is 19.5. The molecule has 89 heavy (non-hydrogen) atoms. The molecule has 0 amide bonds. The summed E-state index contributed by atoms with van der Waals surface area (Å²) in [5.74, 6) is 0.414. The Morgan fingerprint density at radius 3 is 0.517 bits per heavy atom. The van der Waals surface area contributed by atoms with Crippen molar-refractivity contribution in [2.24, 2.45) is 0 Å². The van der Waals surface area contributed by atoms with E-state index < -0.39 is 0 Å². The molecule has 6 aromatic heterocycles. The van der Waals surface area contributed by atoms with Crippen molar-refractivity contribution in [1.82, 2.24) is 29.9 Å². The van der Waals surface area contributed by atoms with Crippen LogP contribution in [0.25, 0.3) is 65.4 Å². The Kier molecular flexibility index (Phi) is 18.2. The van der Waals surface area contributed by atoms with Crippen LogP contribution in [0.15, 0.2) is 109 Å². The number of hydrogen-bond donors (Lipinski definition) is 0. The topological polar surface area (TPSA) is 386 Å². The molecule has 0 bridgehead atoms. The van der Waals surface area contributed by atoms with Gasteiger partial charge in [-0.2, -0.15) is 31.6 Å². The van der Waals surface area contributed by atoms with Gasteiger partial charge in [-0.3, -0.25) is 0 Å². The van der Waals surface area contributed by atoms with Gasteiger partial charge in [-0.1, -0.05) is 70.9 Å². The van der Waals surface area contributed by atoms with Crippen molar-refractivity contribution in [2.45, 2.75) is 41.5 Å². The Morgan fingerprint density at radius 2 is 0.393 bits per heavy atom. The van der Waals surface area contributed by atoms with E-state index in [0.29, 0.717) is 134 Å². The van der Waals surface area contributed by atoms with Gasteiger partial charge in [0.25, 0.3) is 0 Å². The fourth-order valence-electron chi connectivity index (χ4n) is 9.41. The molecule has 0 aliphatic rings. The molecule has 0 aliphatic heterocycles. The Bertz CT molecular complexity index is 4400. The SMILES string of the molecule is Cc1nc2c([O-])ccc(C#N)c2cc1Oc1cc2c(C#N)ccc([O-])c2nc1C.Cc1nc2c([O-])ccc(C#N)c2cc1Oc1cc2c(C#N)ccc([O-])c2nc1C.Cc1nc2c([O-])ccc(C#N)c2cc1Oc1cc2c(C#N)ccc([O-])c2nc1C.[Al+3].[Al+3]. The van der Waals surface area contributed by atoms with Gasteiger partial charge >= 0.3 is 34.7 Å². The van der Waals surface area contributed by atoms with Crippen LogP contribution in [-0.4, -0.2) is 64.6 Å². The first kappa shape index (κ1) is 63.0. The third-order valence-electron chi connectivity index (χ3n) is 13.9. The molecule has 21 nitrogen and oxygen atoms in total. The summed E-state index contributed by atoms with van der Waals surface area (Å²) < 4.78 is 18.0. The van der Waals surface area contributed by atoms with Gasteiger partial charge in [-0.25, -0.2) is 29.9 Å². The van der Waals surface area contributed by atoms with E-state index in [9.17, 15) is 62.2 Å². The monoisotopic (exact) mass is 1190 g/mol. The summed E-state index contributed by atoms with van der Waals surface area (Å²) in [6.45, 7) is 10.1. The number of pyridine rings is 6. The molecule has 0 aliphatic carbocycles. The van der Waals surface area contributed by atoms with E-state index in [-0.39, 0.29) is 102 Å².